The van der Waals surface area contributed by atoms with E-state index in [4.69, 9.17) is 0 Å². The maximum Gasteiger partial charge on any atom is 0.118 e. The zero-order valence-electron chi connectivity index (χ0n) is 9.65. The smallest absolute Gasteiger partial charge is 0.118 e. The minimum atomic E-state index is -0.703. The summed E-state index contributed by atoms with van der Waals surface area (Å²) in [6.45, 7) is 10.7. The molecule has 3 heteroatoms. The number of nitrogens with zero attached hydrogens (tertiary/aromatic N) is 1. The van der Waals surface area contributed by atoms with Gasteiger partial charge in [-0.15, -0.1) is 0 Å². The van der Waals surface area contributed by atoms with Gasteiger partial charge in [-0.05, 0) is 11.8 Å². The van der Waals surface area contributed by atoms with Crippen molar-refractivity contribution in [3.63, 3.8) is 0 Å². The maximum atomic E-state index is 13.9. The first-order chi connectivity index (χ1) is 6.56. The number of hydrogen-bond acceptors (Lipinski definition) is 2. The molecule has 0 aliphatic carbocycles. The topological polar surface area (TPSA) is 15.3 Å². The molecule has 0 amide bonds. The van der Waals surface area contributed by atoms with E-state index in [2.05, 4.69) is 17.1 Å². The molecular formula is C11H23FN2. The Hall–Kier alpha value is -0.150. The normalized spacial score (nSPS) is 22.3. The largest absolute Gasteiger partial charge is 0.314 e. The van der Waals surface area contributed by atoms with E-state index in [1.807, 2.05) is 13.8 Å². The Labute approximate surface area is 86.9 Å². The van der Waals surface area contributed by atoms with Crippen molar-refractivity contribution < 1.29 is 4.39 Å². The van der Waals surface area contributed by atoms with Gasteiger partial charge in [-0.2, -0.15) is 0 Å². The van der Waals surface area contributed by atoms with Crippen molar-refractivity contribution >= 4 is 0 Å². The Balaban J connectivity index is 2.34. The molecular weight excluding hydrogens is 179 g/mol. The van der Waals surface area contributed by atoms with Crippen LogP contribution in [0.4, 0.5) is 4.39 Å². The molecule has 14 heavy (non-hydrogen) atoms. The van der Waals surface area contributed by atoms with Gasteiger partial charge in [-0.1, -0.05) is 20.8 Å². The summed E-state index contributed by atoms with van der Waals surface area (Å²) in [7, 11) is 0. The van der Waals surface area contributed by atoms with Crippen LogP contribution in [0.1, 0.15) is 27.2 Å². The second-order valence-electron chi connectivity index (χ2n) is 4.86. The number of halogens is 1. The lowest BCUT2D eigenvalue weighted by Crippen LogP contribution is -2.47. The van der Waals surface area contributed by atoms with Gasteiger partial charge in [0.05, 0.1) is 0 Å². The Morgan fingerprint density at radius 1 is 1.36 bits per heavy atom. The predicted octanol–water partition coefficient (Wildman–Crippen LogP) is 1.67. The fourth-order valence-electron chi connectivity index (χ4n) is 1.59. The highest BCUT2D eigenvalue weighted by molar-refractivity contribution is 4.81. The Bertz CT molecular complexity index is 165. The lowest BCUT2D eigenvalue weighted by atomic mass is 9.84. The minimum absolute atomic E-state index is 0.176. The fourth-order valence-corrected chi connectivity index (χ4v) is 1.59. The van der Waals surface area contributed by atoms with E-state index in [-0.39, 0.29) is 5.41 Å². The Morgan fingerprint density at radius 2 is 1.93 bits per heavy atom. The molecule has 1 aliphatic rings. The zero-order valence-corrected chi connectivity index (χ0v) is 9.65. The first-order valence-electron chi connectivity index (χ1n) is 5.63. The minimum Gasteiger partial charge on any atom is -0.314 e. The number of hydrogen-bond donors (Lipinski definition) is 1. The second-order valence-corrected chi connectivity index (χ2v) is 4.86. The first kappa shape index (κ1) is 11.9. The Morgan fingerprint density at radius 3 is 2.43 bits per heavy atom. The lowest BCUT2D eigenvalue weighted by molar-refractivity contribution is 0.0824. The number of nitrogens with one attached hydrogen (secondary N) is 1. The molecule has 0 bridgehead atoms. The molecule has 0 aromatic rings. The molecule has 0 spiro atoms. The van der Waals surface area contributed by atoms with Crippen molar-refractivity contribution in [3.8, 4) is 0 Å². The van der Waals surface area contributed by atoms with Crippen LogP contribution < -0.4 is 5.32 Å². The van der Waals surface area contributed by atoms with Crippen molar-refractivity contribution in [2.45, 2.75) is 33.4 Å². The highest BCUT2D eigenvalue weighted by Gasteiger charge is 2.29. The van der Waals surface area contributed by atoms with Crippen LogP contribution in [0.5, 0.6) is 0 Å². The average molecular weight is 202 g/mol. The molecule has 1 saturated heterocycles. The zero-order chi connectivity index (χ0) is 10.6. The predicted molar refractivity (Wildman–Crippen MR) is 58.3 cm³/mol. The Kier molecular flexibility index (Phi) is 4.32. The van der Waals surface area contributed by atoms with Crippen LogP contribution in [0.15, 0.2) is 0 Å². The van der Waals surface area contributed by atoms with Crippen LogP contribution in [0.3, 0.4) is 0 Å². The van der Waals surface area contributed by atoms with Crippen LogP contribution >= 0.6 is 0 Å². The van der Waals surface area contributed by atoms with Crippen molar-refractivity contribution in [2.75, 3.05) is 32.7 Å². The van der Waals surface area contributed by atoms with Crippen LogP contribution in [-0.2, 0) is 0 Å². The summed E-state index contributed by atoms with van der Waals surface area (Å²) in [4.78, 5) is 2.22. The van der Waals surface area contributed by atoms with E-state index in [0.717, 1.165) is 32.6 Å². The molecule has 1 unspecified atom stereocenters. The third kappa shape index (κ3) is 3.21. The lowest BCUT2D eigenvalue weighted by Gasteiger charge is -2.34. The standard InChI is InChI=1S/C11H23FN2/c1-4-11(2,3)10(12)9-14-7-5-13-6-8-14/h10,13H,4-9H2,1-3H3. The molecule has 1 heterocycles. The average Bonchev–Trinajstić information content (AvgIpc) is 2.19. The molecule has 0 aromatic carbocycles. The third-order valence-corrected chi connectivity index (χ3v) is 3.39. The molecule has 1 rings (SSSR count). The van der Waals surface area contributed by atoms with Gasteiger partial charge < -0.3 is 5.32 Å². The van der Waals surface area contributed by atoms with Crippen LogP contribution in [0.25, 0.3) is 0 Å². The van der Waals surface area contributed by atoms with Gasteiger partial charge in [0.25, 0.3) is 0 Å². The van der Waals surface area contributed by atoms with Crippen molar-refractivity contribution in [1.29, 1.82) is 0 Å². The first-order valence-corrected chi connectivity index (χ1v) is 5.63. The second kappa shape index (κ2) is 5.08. The summed E-state index contributed by atoms with van der Waals surface area (Å²) in [5, 5.41) is 3.28. The van der Waals surface area contributed by atoms with Gasteiger partial charge in [0.15, 0.2) is 0 Å². The van der Waals surface area contributed by atoms with Gasteiger partial charge in [-0.3, -0.25) is 4.90 Å². The molecule has 1 N–H and O–H groups in total. The summed E-state index contributed by atoms with van der Waals surface area (Å²) in [6, 6.07) is 0. The summed E-state index contributed by atoms with van der Waals surface area (Å²) in [5.41, 5.74) is -0.176. The molecule has 0 aromatic heterocycles. The van der Waals surface area contributed by atoms with Crippen molar-refractivity contribution in [1.82, 2.24) is 10.2 Å². The fraction of sp³-hybridized carbons (Fsp3) is 1.00. The van der Waals surface area contributed by atoms with E-state index >= 15 is 0 Å². The van der Waals surface area contributed by atoms with Gasteiger partial charge in [-0.25, -0.2) is 4.39 Å². The molecule has 84 valence electrons. The van der Waals surface area contributed by atoms with Crippen molar-refractivity contribution in [2.24, 2.45) is 5.41 Å². The summed E-state index contributed by atoms with van der Waals surface area (Å²) in [5.74, 6) is 0. The highest BCUT2D eigenvalue weighted by Crippen LogP contribution is 2.27. The van der Waals surface area contributed by atoms with Crippen LogP contribution in [-0.4, -0.2) is 43.8 Å². The molecule has 1 fully saturated rings. The SMILES string of the molecule is CCC(C)(C)C(F)CN1CCNCC1. The van der Waals surface area contributed by atoms with E-state index in [0.29, 0.717) is 6.54 Å². The maximum absolute atomic E-state index is 13.9. The summed E-state index contributed by atoms with van der Waals surface area (Å²) < 4.78 is 13.9. The van der Waals surface area contributed by atoms with Crippen LogP contribution in [0, 0.1) is 5.41 Å². The summed E-state index contributed by atoms with van der Waals surface area (Å²) >= 11 is 0. The third-order valence-electron chi connectivity index (χ3n) is 3.39. The number of rotatable bonds is 4. The van der Waals surface area contributed by atoms with Gasteiger partial charge in [0.1, 0.15) is 6.17 Å². The van der Waals surface area contributed by atoms with Gasteiger partial charge in [0.2, 0.25) is 0 Å². The number of alkyl halides is 1. The molecule has 1 aliphatic heterocycles. The molecule has 0 radical (unpaired) electrons. The summed E-state index contributed by atoms with van der Waals surface area (Å²) in [6.07, 6.45) is 0.200. The van der Waals surface area contributed by atoms with E-state index in [1.54, 1.807) is 0 Å². The van der Waals surface area contributed by atoms with E-state index in [9.17, 15) is 4.39 Å². The van der Waals surface area contributed by atoms with Gasteiger partial charge in [0, 0.05) is 32.7 Å². The van der Waals surface area contributed by atoms with Gasteiger partial charge >= 0.3 is 0 Å². The highest BCUT2D eigenvalue weighted by atomic mass is 19.1. The molecule has 2 nitrogen and oxygen atoms in total. The van der Waals surface area contributed by atoms with E-state index in [1.165, 1.54) is 0 Å². The monoisotopic (exact) mass is 202 g/mol. The van der Waals surface area contributed by atoms with E-state index < -0.39 is 6.17 Å². The van der Waals surface area contributed by atoms with Crippen LogP contribution in [0.2, 0.25) is 0 Å². The molecule has 0 saturated carbocycles. The van der Waals surface area contributed by atoms with Crippen molar-refractivity contribution in [3.05, 3.63) is 0 Å². The number of piperazine rings is 1. The molecule has 1 atom stereocenters. The quantitative estimate of drug-likeness (QED) is 0.746.